The number of nitro benzene ring substituents is 1. The molecule has 5 heteroatoms. The third-order valence-electron chi connectivity index (χ3n) is 4.53. The first-order valence-electron chi connectivity index (χ1n) is 9.27. The number of non-ortho nitro benzene ring substituents is 1. The van der Waals surface area contributed by atoms with E-state index in [9.17, 15) is 10.1 Å². The second-order valence-corrected chi connectivity index (χ2v) is 7.12. The van der Waals surface area contributed by atoms with Crippen molar-refractivity contribution >= 4 is 17.3 Å². The van der Waals surface area contributed by atoms with E-state index in [4.69, 9.17) is 16.3 Å². The molecule has 0 atom stereocenters. The van der Waals surface area contributed by atoms with Gasteiger partial charge >= 0.3 is 0 Å². The molecule has 0 saturated heterocycles. The first kappa shape index (κ1) is 19.9. The standard InChI is InChI=1S/C23H22ClNO3/c1-2-3-17-4-6-19(7-5-17)16-28-22-11-8-18(9-12-22)14-20-15-21(25(26)27)10-13-23(20)24/h4-13,15H,2-3,14,16H2,1H3. The molecule has 0 unspecified atom stereocenters. The van der Waals surface area contributed by atoms with Crippen molar-refractivity contribution in [1.82, 2.24) is 0 Å². The van der Waals surface area contributed by atoms with Crippen LogP contribution in [0.4, 0.5) is 5.69 Å². The first-order chi connectivity index (χ1) is 13.5. The molecule has 144 valence electrons. The van der Waals surface area contributed by atoms with E-state index in [0.717, 1.165) is 35.3 Å². The highest BCUT2D eigenvalue weighted by Gasteiger charge is 2.10. The Hall–Kier alpha value is -2.85. The molecule has 0 amide bonds. The van der Waals surface area contributed by atoms with Crippen LogP contribution in [0.5, 0.6) is 5.75 Å². The van der Waals surface area contributed by atoms with Crippen LogP contribution in [0.15, 0.2) is 66.7 Å². The van der Waals surface area contributed by atoms with Crippen molar-refractivity contribution in [2.75, 3.05) is 0 Å². The lowest BCUT2D eigenvalue weighted by atomic mass is 10.0. The molecule has 3 aromatic carbocycles. The van der Waals surface area contributed by atoms with Gasteiger partial charge in [0.15, 0.2) is 0 Å². The average molecular weight is 396 g/mol. The Morgan fingerprint density at radius 2 is 1.57 bits per heavy atom. The zero-order valence-corrected chi connectivity index (χ0v) is 16.5. The van der Waals surface area contributed by atoms with E-state index in [-0.39, 0.29) is 5.69 Å². The molecular formula is C23H22ClNO3. The van der Waals surface area contributed by atoms with Gasteiger partial charge in [0.2, 0.25) is 0 Å². The second-order valence-electron chi connectivity index (χ2n) is 6.71. The molecule has 0 heterocycles. The Bertz CT molecular complexity index is 937. The molecule has 4 nitrogen and oxygen atoms in total. The van der Waals surface area contributed by atoms with Gasteiger partial charge in [-0.1, -0.05) is 61.3 Å². The highest BCUT2D eigenvalue weighted by molar-refractivity contribution is 6.31. The summed E-state index contributed by atoms with van der Waals surface area (Å²) >= 11 is 6.18. The van der Waals surface area contributed by atoms with Crippen LogP contribution in [-0.4, -0.2) is 4.92 Å². The van der Waals surface area contributed by atoms with Gasteiger partial charge in [0.1, 0.15) is 12.4 Å². The van der Waals surface area contributed by atoms with E-state index in [1.165, 1.54) is 17.7 Å². The summed E-state index contributed by atoms with van der Waals surface area (Å²) < 4.78 is 5.86. The molecule has 0 radical (unpaired) electrons. The van der Waals surface area contributed by atoms with E-state index in [0.29, 0.717) is 18.1 Å². The van der Waals surface area contributed by atoms with Crippen molar-refractivity contribution in [2.45, 2.75) is 32.8 Å². The highest BCUT2D eigenvalue weighted by atomic mass is 35.5. The molecule has 3 rings (SSSR count). The van der Waals surface area contributed by atoms with Crippen LogP contribution in [0, 0.1) is 10.1 Å². The number of halogens is 1. The normalized spacial score (nSPS) is 10.6. The van der Waals surface area contributed by atoms with Crippen molar-refractivity contribution in [3.63, 3.8) is 0 Å². The van der Waals surface area contributed by atoms with E-state index >= 15 is 0 Å². The summed E-state index contributed by atoms with van der Waals surface area (Å²) in [6.45, 7) is 2.69. The number of nitrogens with zero attached hydrogens (tertiary/aromatic N) is 1. The number of hydrogen-bond acceptors (Lipinski definition) is 3. The molecule has 0 aromatic heterocycles. The predicted molar refractivity (Wildman–Crippen MR) is 112 cm³/mol. The molecule has 0 saturated carbocycles. The summed E-state index contributed by atoms with van der Waals surface area (Å²) in [6.07, 6.45) is 2.76. The van der Waals surface area contributed by atoms with Gasteiger partial charge in [-0.25, -0.2) is 0 Å². The summed E-state index contributed by atoms with van der Waals surface area (Å²) in [5.74, 6) is 0.784. The fourth-order valence-corrected chi connectivity index (χ4v) is 3.18. The first-order valence-corrected chi connectivity index (χ1v) is 9.65. The molecule has 28 heavy (non-hydrogen) atoms. The van der Waals surface area contributed by atoms with Gasteiger partial charge in [0.25, 0.3) is 5.69 Å². The molecule has 0 N–H and O–H groups in total. The number of benzene rings is 3. The average Bonchev–Trinajstić information content (AvgIpc) is 2.70. The van der Waals surface area contributed by atoms with Gasteiger partial charge in [-0.2, -0.15) is 0 Å². The molecule has 0 aliphatic rings. The number of nitro groups is 1. The van der Waals surface area contributed by atoms with Crippen molar-refractivity contribution in [2.24, 2.45) is 0 Å². The van der Waals surface area contributed by atoms with Gasteiger partial charge in [0, 0.05) is 17.2 Å². The molecule has 0 aliphatic heterocycles. The molecule has 0 fully saturated rings. The van der Waals surface area contributed by atoms with E-state index in [1.807, 2.05) is 24.3 Å². The minimum atomic E-state index is -0.411. The van der Waals surface area contributed by atoms with Crippen LogP contribution in [0.25, 0.3) is 0 Å². The molecular weight excluding hydrogens is 374 g/mol. The Kier molecular flexibility index (Phi) is 6.66. The van der Waals surface area contributed by atoms with Crippen molar-refractivity contribution in [1.29, 1.82) is 0 Å². The largest absolute Gasteiger partial charge is 0.489 e. The van der Waals surface area contributed by atoms with E-state index < -0.39 is 4.92 Å². The smallest absolute Gasteiger partial charge is 0.269 e. The Labute approximate surface area is 169 Å². The maximum atomic E-state index is 10.9. The van der Waals surface area contributed by atoms with Gasteiger partial charge in [0.05, 0.1) is 4.92 Å². The molecule has 3 aromatic rings. The molecule has 0 spiro atoms. The SMILES string of the molecule is CCCc1ccc(COc2ccc(Cc3cc([N+](=O)[O-])ccc3Cl)cc2)cc1. The van der Waals surface area contributed by atoms with Gasteiger partial charge in [-0.3, -0.25) is 10.1 Å². The van der Waals surface area contributed by atoms with Crippen LogP contribution in [0.1, 0.15) is 35.6 Å². The Morgan fingerprint density at radius 3 is 2.21 bits per heavy atom. The maximum Gasteiger partial charge on any atom is 0.269 e. The fraction of sp³-hybridized carbons (Fsp3) is 0.217. The van der Waals surface area contributed by atoms with Gasteiger partial charge in [-0.05, 0) is 53.3 Å². The van der Waals surface area contributed by atoms with Gasteiger partial charge in [-0.15, -0.1) is 0 Å². The van der Waals surface area contributed by atoms with Crippen molar-refractivity contribution in [3.05, 3.63) is 104 Å². The number of ether oxygens (including phenoxy) is 1. The van der Waals surface area contributed by atoms with E-state index in [1.54, 1.807) is 6.07 Å². The fourth-order valence-electron chi connectivity index (χ4n) is 2.99. The quantitative estimate of drug-likeness (QED) is 0.329. The minimum Gasteiger partial charge on any atom is -0.489 e. The van der Waals surface area contributed by atoms with Crippen LogP contribution >= 0.6 is 11.6 Å². The maximum absolute atomic E-state index is 10.9. The van der Waals surface area contributed by atoms with Crippen LogP contribution < -0.4 is 4.74 Å². The van der Waals surface area contributed by atoms with Gasteiger partial charge < -0.3 is 4.74 Å². The van der Waals surface area contributed by atoms with Crippen LogP contribution in [0.3, 0.4) is 0 Å². The Morgan fingerprint density at radius 1 is 0.929 bits per heavy atom. The molecule has 0 bridgehead atoms. The third kappa shape index (κ3) is 5.33. The summed E-state index contributed by atoms with van der Waals surface area (Å²) in [5.41, 5.74) is 4.27. The second kappa shape index (κ2) is 9.38. The predicted octanol–water partition coefficient (Wildman–Crippen LogP) is 6.37. The lowest BCUT2D eigenvalue weighted by molar-refractivity contribution is -0.384. The van der Waals surface area contributed by atoms with E-state index in [2.05, 4.69) is 31.2 Å². The van der Waals surface area contributed by atoms with Crippen molar-refractivity contribution < 1.29 is 9.66 Å². The molecule has 0 aliphatic carbocycles. The number of aryl methyl sites for hydroxylation is 1. The highest BCUT2D eigenvalue weighted by Crippen LogP contribution is 2.25. The minimum absolute atomic E-state index is 0.0457. The lowest BCUT2D eigenvalue weighted by Crippen LogP contribution is -1.97. The number of rotatable bonds is 8. The van der Waals surface area contributed by atoms with Crippen molar-refractivity contribution in [3.8, 4) is 5.75 Å². The lowest BCUT2D eigenvalue weighted by Gasteiger charge is -2.09. The topological polar surface area (TPSA) is 52.4 Å². The third-order valence-corrected chi connectivity index (χ3v) is 4.89. The Balaban J connectivity index is 1.60. The summed E-state index contributed by atoms with van der Waals surface area (Å²) in [5, 5.41) is 11.5. The number of hydrogen-bond donors (Lipinski definition) is 0. The zero-order chi connectivity index (χ0) is 19.9. The monoisotopic (exact) mass is 395 g/mol. The van der Waals surface area contributed by atoms with Crippen LogP contribution in [-0.2, 0) is 19.4 Å². The zero-order valence-electron chi connectivity index (χ0n) is 15.7. The summed E-state index contributed by atoms with van der Waals surface area (Å²) in [4.78, 5) is 10.5. The summed E-state index contributed by atoms with van der Waals surface area (Å²) in [6, 6.07) is 20.7. The van der Waals surface area contributed by atoms with Crippen LogP contribution in [0.2, 0.25) is 5.02 Å². The summed E-state index contributed by atoms with van der Waals surface area (Å²) in [7, 11) is 0.